The molecule has 0 aliphatic carbocycles. The molecule has 294 valence electrons. The average molecular weight is 940 g/mol. The molecule has 0 fully saturated rings. The molecule has 1 unspecified atom stereocenters. The number of phenolic OH excluding ortho intramolecular Hbond substituents is 1. The van der Waals surface area contributed by atoms with Crippen LogP contribution in [0.4, 0.5) is 0 Å². The fourth-order valence-electron chi connectivity index (χ4n) is 7.79. The fourth-order valence-corrected chi connectivity index (χ4v) is 7.79. The summed E-state index contributed by atoms with van der Waals surface area (Å²) in [5.74, 6) is 1.28. The summed E-state index contributed by atoms with van der Waals surface area (Å²) in [6, 6.07) is 53.0. The minimum atomic E-state index is -0.259. The van der Waals surface area contributed by atoms with Gasteiger partial charge in [0, 0.05) is 51.5 Å². The Morgan fingerprint density at radius 3 is 1.91 bits per heavy atom. The second kappa shape index (κ2) is 16.0. The van der Waals surface area contributed by atoms with E-state index in [-0.39, 0.29) is 43.6 Å². The molecule has 1 N–H and O–H groups in total. The normalized spacial score (nSPS) is 12.3. The molecule has 0 amide bonds. The van der Waals surface area contributed by atoms with Crippen LogP contribution in [0.1, 0.15) is 76.6 Å². The number of phenols is 1. The Kier molecular flexibility index (Phi) is 11.2. The maximum atomic E-state index is 11.9. The van der Waals surface area contributed by atoms with E-state index in [0.29, 0.717) is 0 Å². The van der Waals surface area contributed by atoms with E-state index in [1.165, 1.54) is 11.1 Å². The summed E-state index contributed by atoms with van der Waals surface area (Å²) in [5.41, 5.74) is 14.9. The summed E-state index contributed by atoms with van der Waals surface area (Å²) in [6.07, 6.45) is 1.88. The number of fused-ring (bicyclic) bond motifs is 1. The number of aromatic hydroxyl groups is 1. The van der Waals surface area contributed by atoms with Gasteiger partial charge in [0.2, 0.25) is 0 Å². The van der Waals surface area contributed by atoms with Gasteiger partial charge in [-0.2, -0.15) is 0 Å². The average Bonchev–Trinajstić information content (AvgIpc) is 3.56. The van der Waals surface area contributed by atoms with Crippen molar-refractivity contribution in [3.63, 3.8) is 0 Å². The Hall–Kier alpha value is -5.57. The van der Waals surface area contributed by atoms with Crippen LogP contribution in [0.25, 0.3) is 67.1 Å². The van der Waals surface area contributed by atoms with Gasteiger partial charge in [-0.05, 0) is 62.4 Å². The van der Waals surface area contributed by atoms with Crippen molar-refractivity contribution in [3.05, 3.63) is 174 Å². The van der Waals surface area contributed by atoms with Crippen molar-refractivity contribution in [1.29, 1.82) is 0 Å². The quantitative estimate of drug-likeness (QED) is 0.162. The SMILES string of the molecule is CC(c1ccccc1)c1ccc(-c2cc(-c3cc(-c4ccccc4)ccn3)[c-]c(-c3cccc4c3nc(-c3cc(C(C)(C)C)cc(C(C)(C)C)c3O)n4C)c2)cc1.[Pt]. The van der Waals surface area contributed by atoms with Crippen molar-refractivity contribution >= 4 is 11.0 Å². The third-order valence-corrected chi connectivity index (χ3v) is 11.3. The molecule has 8 rings (SSSR count). The van der Waals surface area contributed by atoms with Gasteiger partial charge in [0.15, 0.2) is 0 Å². The maximum Gasteiger partial charge on any atom is 0.143 e. The van der Waals surface area contributed by atoms with Gasteiger partial charge < -0.3 is 9.67 Å². The predicted octanol–water partition coefficient (Wildman–Crippen LogP) is 13.6. The van der Waals surface area contributed by atoms with E-state index in [4.69, 9.17) is 9.97 Å². The van der Waals surface area contributed by atoms with Crippen LogP contribution in [0.3, 0.4) is 0 Å². The molecule has 5 heteroatoms. The molecular weight excluding hydrogens is 890 g/mol. The van der Waals surface area contributed by atoms with E-state index in [9.17, 15) is 5.11 Å². The molecule has 0 spiro atoms. The van der Waals surface area contributed by atoms with Crippen LogP contribution in [-0.2, 0) is 38.9 Å². The number of hydrogen-bond donors (Lipinski definition) is 1. The zero-order valence-corrected chi connectivity index (χ0v) is 36.8. The number of benzene rings is 6. The molecule has 0 bridgehead atoms. The number of para-hydroxylation sites is 1. The van der Waals surface area contributed by atoms with Crippen LogP contribution < -0.4 is 0 Å². The van der Waals surface area contributed by atoms with E-state index < -0.39 is 0 Å². The van der Waals surface area contributed by atoms with Crippen molar-refractivity contribution in [3.8, 4) is 61.8 Å². The number of hydrogen-bond acceptors (Lipinski definition) is 3. The second-order valence-electron chi connectivity index (χ2n) is 17.3. The Morgan fingerprint density at radius 2 is 1.24 bits per heavy atom. The summed E-state index contributed by atoms with van der Waals surface area (Å²) in [4.78, 5) is 10.2. The number of aromatic nitrogens is 3. The number of rotatable bonds is 7. The zero-order valence-electron chi connectivity index (χ0n) is 34.5. The van der Waals surface area contributed by atoms with Crippen molar-refractivity contribution in [2.24, 2.45) is 7.05 Å². The van der Waals surface area contributed by atoms with Crippen molar-refractivity contribution < 1.29 is 26.2 Å². The molecule has 8 aromatic rings. The predicted molar refractivity (Wildman–Crippen MR) is 238 cm³/mol. The number of pyridine rings is 1. The number of aryl methyl sites for hydroxylation is 1. The third kappa shape index (κ3) is 7.96. The van der Waals surface area contributed by atoms with Gasteiger partial charge >= 0.3 is 0 Å². The molecule has 4 nitrogen and oxygen atoms in total. The van der Waals surface area contributed by atoms with Gasteiger partial charge in [-0.1, -0.05) is 174 Å². The monoisotopic (exact) mass is 939 g/mol. The number of nitrogens with zero attached hydrogens (tertiary/aromatic N) is 3. The minimum Gasteiger partial charge on any atom is -0.507 e. The molecular formula is C53H50N3OPt-. The maximum absolute atomic E-state index is 11.9. The van der Waals surface area contributed by atoms with Gasteiger partial charge in [-0.3, -0.25) is 4.98 Å². The van der Waals surface area contributed by atoms with Crippen molar-refractivity contribution in [2.45, 2.75) is 65.2 Å². The molecule has 0 saturated heterocycles. The Bertz CT molecular complexity index is 2720. The van der Waals surface area contributed by atoms with E-state index in [1.54, 1.807) is 0 Å². The molecule has 0 saturated carbocycles. The molecule has 2 aromatic heterocycles. The van der Waals surface area contributed by atoms with Crippen LogP contribution >= 0.6 is 0 Å². The fraction of sp³-hybridized carbons (Fsp3) is 0.208. The second-order valence-corrected chi connectivity index (χ2v) is 17.3. The van der Waals surface area contributed by atoms with Crippen LogP contribution in [0.15, 0.2) is 146 Å². The van der Waals surface area contributed by atoms with Crippen LogP contribution in [0.2, 0.25) is 0 Å². The summed E-state index contributed by atoms with van der Waals surface area (Å²) in [6.45, 7) is 15.3. The third-order valence-electron chi connectivity index (χ3n) is 11.3. The summed E-state index contributed by atoms with van der Waals surface area (Å²) < 4.78 is 2.11. The minimum absolute atomic E-state index is 0. The molecule has 2 heterocycles. The van der Waals surface area contributed by atoms with Crippen molar-refractivity contribution in [2.75, 3.05) is 0 Å². The first kappa shape index (κ1) is 40.6. The van der Waals surface area contributed by atoms with Crippen LogP contribution in [0.5, 0.6) is 5.75 Å². The molecule has 0 aliphatic rings. The Labute approximate surface area is 358 Å². The van der Waals surface area contributed by atoms with Gasteiger partial charge in [0.05, 0.1) is 16.6 Å². The molecule has 1 atom stereocenters. The largest absolute Gasteiger partial charge is 0.507 e. The zero-order chi connectivity index (χ0) is 40.1. The van der Waals surface area contributed by atoms with E-state index >= 15 is 0 Å². The first-order chi connectivity index (χ1) is 27.3. The smallest absolute Gasteiger partial charge is 0.143 e. The first-order valence-electron chi connectivity index (χ1n) is 19.8. The van der Waals surface area contributed by atoms with Gasteiger partial charge in [0.1, 0.15) is 11.6 Å². The molecule has 0 aliphatic heterocycles. The molecule has 0 radical (unpaired) electrons. The van der Waals surface area contributed by atoms with Crippen LogP contribution in [-0.4, -0.2) is 19.6 Å². The standard InChI is InChI=1S/C53H50N3O.Pt/c1-34(35-16-11-9-12-17-35)36-22-24-38(25-23-36)40-28-41(30-42(29-40)47-31-39(26-27-54-47)37-18-13-10-14-19-37)44-20-15-21-48-49(44)55-51(56(48)8)45-32-43(52(2,3)4)33-46(50(45)57)53(5,6)7;/h9-29,31-34,57H,1-8H3;/q-1;. The van der Waals surface area contributed by atoms with E-state index in [0.717, 1.165) is 78.2 Å². The Morgan fingerprint density at radius 1 is 0.603 bits per heavy atom. The van der Waals surface area contributed by atoms with Crippen molar-refractivity contribution in [1.82, 2.24) is 14.5 Å². The topological polar surface area (TPSA) is 50.9 Å². The van der Waals surface area contributed by atoms with Gasteiger partial charge in [-0.25, -0.2) is 4.98 Å². The Balaban J connectivity index is 0.00000512. The van der Waals surface area contributed by atoms with Gasteiger partial charge in [0.25, 0.3) is 0 Å². The molecule has 6 aromatic carbocycles. The van der Waals surface area contributed by atoms with Gasteiger partial charge in [-0.15, -0.1) is 23.8 Å². The van der Waals surface area contributed by atoms with Crippen LogP contribution in [0, 0.1) is 6.07 Å². The number of imidazole rings is 1. The van der Waals surface area contributed by atoms with E-state index in [2.05, 4.69) is 193 Å². The van der Waals surface area contributed by atoms with E-state index in [1.807, 2.05) is 19.3 Å². The summed E-state index contributed by atoms with van der Waals surface area (Å²) >= 11 is 0. The summed E-state index contributed by atoms with van der Waals surface area (Å²) in [5, 5.41) is 11.9. The molecule has 58 heavy (non-hydrogen) atoms. The first-order valence-corrected chi connectivity index (χ1v) is 19.8. The summed E-state index contributed by atoms with van der Waals surface area (Å²) in [7, 11) is 2.04.